The minimum Gasteiger partial charge on any atom is -0.341 e. The van der Waals surface area contributed by atoms with Crippen molar-refractivity contribution < 1.29 is 4.79 Å². The molecule has 1 atom stereocenters. The molecule has 0 saturated carbocycles. The average Bonchev–Trinajstić information content (AvgIpc) is 2.73. The zero-order valence-corrected chi connectivity index (χ0v) is 17.8. The Bertz CT molecular complexity index is 892. The lowest BCUT2D eigenvalue weighted by molar-refractivity contribution is -0.133. The van der Waals surface area contributed by atoms with Crippen LogP contribution in [-0.4, -0.2) is 51.7 Å². The lowest BCUT2D eigenvalue weighted by Gasteiger charge is -2.33. The van der Waals surface area contributed by atoms with Crippen molar-refractivity contribution in [1.29, 1.82) is 0 Å². The molecule has 2 aromatic rings. The van der Waals surface area contributed by atoms with Crippen LogP contribution in [0.5, 0.6) is 0 Å². The van der Waals surface area contributed by atoms with Crippen LogP contribution in [0.3, 0.4) is 0 Å². The number of hydrogen-bond donors (Lipinski definition) is 3. The first-order chi connectivity index (χ1) is 14.0. The van der Waals surface area contributed by atoms with Gasteiger partial charge in [0.1, 0.15) is 5.82 Å². The van der Waals surface area contributed by atoms with E-state index in [0.29, 0.717) is 35.2 Å². The Morgan fingerprint density at radius 3 is 2.83 bits per heavy atom. The van der Waals surface area contributed by atoms with Gasteiger partial charge in [0.2, 0.25) is 5.91 Å². The van der Waals surface area contributed by atoms with Crippen molar-refractivity contribution in [2.24, 2.45) is 11.5 Å². The third-order valence-electron chi connectivity index (χ3n) is 5.48. The Balaban J connectivity index is 1.50. The first kappa shape index (κ1) is 21.8. The number of unbranched alkanes of at least 4 members (excludes halogenated alkanes) is 1. The predicted octanol–water partition coefficient (Wildman–Crippen LogP) is 1.91. The number of benzene rings is 1. The molecule has 158 valence electrons. The maximum Gasteiger partial charge on any atom is 0.258 e. The zero-order valence-electron chi connectivity index (χ0n) is 17.0. The van der Waals surface area contributed by atoms with Crippen molar-refractivity contribution in [3.8, 4) is 0 Å². The number of nitrogens with two attached hydrogens (primary N) is 2. The highest BCUT2D eigenvalue weighted by molar-refractivity contribution is 7.99. The lowest BCUT2D eigenvalue weighted by Crippen LogP contribution is -2.47. The van der Waals surface area contributed by atoms with Gasteiger partial charge in [0, 0.05) is 18.3 Å². The molecule has 8 heteroatoms. The third kappa shape index (κ3) is 5.58. The quantitative estimate of drug-likeness (QED) is 0.565. The molecule has 7 nitrogen and oxygen atoms in total. The summed E-state index contributed by atoms with van der Waals surface area (Å²) in [5, 5.41) is 1.08. The topological polar surface area (TPSA) is 118 Å². The molecule has 5 N–H and O–H groups in total. The second kappa shape index (κ2) is 10.2. The minimum atomic E-state index is -0.416. The van der Waals surface area contributed by atoms with Crippen LogP contribution in [-0.2, 0) is 10.5 Å². The van der Waals surface area contributed by atoms with Crippen molar-refractivity contribution in [2.45, 2.75) is 56.1 Å². The normalized spacial score (nSPS) is 16.3. The first-order valence-corrected chi connectivity index (χ1v) is 11.4. The number of likely N-dealkylation sites (tertiary alicyclic amines) is 1. The highest BCUT2D eigenvalue weighted by Crippen LogP contribution is 2.26. The molecule has 0 spiro atoms. The number of amides is 1. The average molecular weight is 418 g/mol. The summed E-state index contributed by atoms with van der Waals surface area (Å²) in [5.41, 5.74) is 13.2. The largest absolute Gasteiger partial charge is 0.341 e. The fourth-order valence-electron chi connectivity index (χ4n) is 3.73. The molecule has 0 aliphatic carbocycles. The van der Waals surface area contributed by atoms with Crippen LogP contribution in [0.15, 0.2) is 23.0 Å². The van der Waals surface area contributed by atoms with E-state index in [0.717, 1.165) is 49.9 Å². The van der Waals surface area contributed by atoms with E-state index >= 15 is 0 Å². The second-order valence-electron chi connectivity index (χ2n) is 7.71. The van der Waals surface area contributed by atoms with E-state index in [1.807, 2.05) is 24.0 Å². The summed E-state index contributed by atoms with van der Waals surface area (Å²) in [6.45, 7) is 4.09. The number of hydrogen-bond acceptors (Lipinski definition) is 6. The van der Waals surface area contributed by atoms with E-state index < -0.39 is 6.04 Å². The molecule has 1 fully saturated rings. The molecule has 1 aromatic carbocycles. The number of rotatable bonds is 8. The van der Waals surface area contributed by atoms with Crippen LogP contribution in [0.1, 0.15) is 43.5 Å². The molecule has 0 bridgehead atoms. The number of carbonyl (C=O) groups excluding carboxylic acids is 1. The van der Waals surface area contributed by atoms with Crippen LogP contribution < -0.4 is 17.0 Å². The number of fused-ring (bicyclic) bond motifs is 1. The molecule has 3 rings (SSSR count). The summed E-state index contributed by atoms with van der Waals surface area (Å²) in [5.74, 6) is 1.43. The molecule has 1 amide bonds. The summed E-state index contributed by atoms with van der Waals surface area (Å²) < 4.78 is 0. The number of nitrogens with one attached hydrogen (secondary N) is 1. The van der Waals surface area contributed by atoms with Crippen LogP contribution in [0.4, 0.5) is 0 Å². The second-order valence-corrected chi connectivity index (χ2v) is 9.00. The number of H-pyrrole nitrogens is 1. The summed E-state index contributed by atoms with van der Waals surface area (Å²) >= 11 is 1.80. The summed E-state index contributed by atoms with van der Waals surface area (Å²) in [7, 11) is 0. The molecule has 29 heavy (non-hydrogen) atoms. The molecule has 1 unspecified atom stereocenters. The molecular formula is C21H31N5O2S. The summed E-state index contributed by atoms with van der Waals surface area (Å²) in [6, 6.07) is 5.24. The Labute approximate surface area is 175 Å². The highest BCUT2D eigenvalue weighted by atomic mass is 32.2. The van der Waals surface area contributed by atoms with Crippen LogP contribution >= 0.6 is 11.8 Å². The monoisotopic (exact) mass is 417 g/mol. The maximum absolute atomic E-state index is 12.5. The van der Waals surface area contributed by atoms with Crippen molar-refractivity contribution in [3.63, 3.8) is 0 Å². The lowest BCUT2D eigenvalue weighted by atomic mass is 10.1. The Morgan fingerprint density at radius 2 is 2.10 bits per heavy atom. The molecule has 2 heterocycles. The molecule has 1 aliphatic rings. The smallest absolute Gasteiger partial charge is 0.258 e. The number of para-hydroxylation sites is 1. The van der Waals surface area contributed by atoms with Crippen LogP contribution in [0, 0.1) is 6.92 Å². The number of aryl methyl sites for hydroxylation is 1. The predicted molar refractivity (Wildman–Crippen MR) is 119 cm³/mol. The zero-order chi connectivity index (χ0) is 20.8. The van der Waals surface area contributed by atoms with Gasteiger partial charge in [0.15, 0.2) is 0 Å². The van der Waals surface area contributed by atoms with E-state index in [4.69, 9.17) is 11.5 Å². The number of aromatic amines is 1. The molecule has 0 radical (unpaired) electrons. The Hall–Kier alpha value is -1.90. The van der Waals surface area contributed by atoms with E-state index in [2.05, 4.69) is 9.97 Å². The maximum atomic E-state index is 12.5. The standard InChI is InChI=1S/C21H31N5O2S/c1-14-5-4-6-16-19(14)24-18(25-20(16)27)13-29-15-8-11-26(12-9-15)21(28)17(23)7-2-3-10-22/h4-6,15,17H,2-3,7-13,22-23H2,1H3,(H,24,25,27). The van der Waals surface area contributed by atoms with E-state index in [1.54, 1.807) is 17.8 Å². The minimum absolute atomic E-state index is 0.0569. The number of thioether (sulfide) groups is 1. The highest BCUT2D eigenvalue weighted by Gasteiger charge is 2.26. The number of nitrogens with zero attached hydrogens (tertiary/aromatic N) is 2. The number of piperidine rings is 1. The van der Waals surface area contributed by atoms with Gasteiger partial charge in [-0.3, -0.25) is 9.59 Å². The van der Waals surface area contributed by atoms with Crippen LogP contribution in [0.25, 0.3) is 10.9 Å². The fraction of sp³-hybridized carbons (Fsp3) is 0.571. The number of aromatic nitrogens is 2. The van der Waals surface area contributed by atoms with Crippen molar-refractivity contribution in [3.05, 3.63) is 39.9 Å². The summed E-state index contributed by atoms with van der Waals surface area (Å²) in [6.07, 6.45) is 4.37. The van der Waals surface area contributed by atoms with Crippen molar-refractivity contribution in [2.75, 3.05) is 19.6 Å². The van der Waals surface area contributed by atoms with Gasteiger partial charge in [0.25, 0.3) is 5.56 Å². The van der Waals surface area contributed by atoms with Crippen molar-refractivity contribution >= 4 is 28.6 Å². The van der Waals surface area contributed by atoms with E-state index in [1.165, 1.54) is 0 Å². The van der Waals surface area contributed by atoms with Gasteiger partial charge in [-0.05, 0) is 50.8 Å². The van der Waals surface area contributed by atoms with Gasteiger partial charge in [-0.2, -0.15) is 11.8 Å². The van der Waals surface area contributed by atoms with Gasteiger partial charge in [0.05, 0.1) is 22.7 Å². The summed E-state index contributed by atoms with van der Waals surface area (Å²) in [4.78, 5) is 34.3. The third-order valence-corrected chi connectivity index (χ3v) is 6.87. The molecule has 1 aliphatic heterocycles. The van der Waals surface area contributed by atoms with Gasteiger partial charge >= 0.3 is 0 Å². The first-order valence-electron chi connectivity index (χ1n) is 10.3. The van der Waals surface area contributed by atoms with Gasteiger partial charge in [-0.1, -0.05) is 18.6 Å². The number of carbonyl (C=O) groups is 1. The van der Waals surface area contributed by atoms with Gasteiger partial charge in [-0.25, -0.2) is 4.98 Å². The van der Waals surface area contributed by atoms with Gasteiger partial charge < -0.3 is 21.4 Å². The SMILES string of the molecule is Cc1cccc2c(=O)[nH]c(CSC3CCN(C(=O)C(N)CCCCN)CC3)nc12. The molecule has 1 aromatic heterocycles. The molecule has 1 saturated heterocycles. The Kier molecular flexibility index (Phi) is 7.69. The molecular weight excluding hydrogens is 386 g/mol. The van der Waals surface area contributed by atoms with Gasteiger partial charge in [-0.15, -0.1) is 0 Å². The van der Waals surface area contributed by atoms with Crippen molar-refractivity contribution in [1.82, 2.24) is 14.9 Å². The van der Waals surface area contributed by atoms with E-state index in [-0.39, 0.29) is 11.5 Å². The fourth-order valence-corrected chi connectivity index (χ4v) is 4.80. The van der Waals surface area contributed by atoms with Crippen LogP contribution in [0.2, 0.25) is 0 Å². The van der Waals surface area contributed by atoms with E-state index in [9.17, 15) is 9.59 Å². The Morgan fingerprint density at radius 1 is 1.34 bits per heavy atom.